The molecule has 1 aliphatic carbocycles. The zero-order valence-electron chi connectivity index (χ0n) is 7.24. The Bertz CT molecular complexity index is 299. The van der Waals surface area contributed by atoms with Gasteiger partial charge in [-0.15, -0.1) is 0 Å². The summed E-state index contributed by atoms with van der Waals surface area (Å²) < 4.78 is 4.72. The molecule has 0 radical (unpaired) electrons. The van der Waals surface area contributed by atoms with E-state index in [-0.39, 0.29) is 30.4 Å². The standard InChI is InChI=1S/C9H10O4/c1-13-8-5-7(11)4-6(2-3-10)9(8)12/h4-5,10H,2-3H2,1H3. The van der Waals surface area contributed by atoms with Crippen molar-refractivity contribution in [2.75, 3.05) is 13.7 Å². The van der Waals surface area contributed by atoms with Gasteiger partial charge in [0, 0.05) is 18.3 Å². The average molecular weight is 182 g/mol. The Kier molecular flexibility index (Phi) is 2.97. The number of ketones is 2. The molecule has 4 heteroatoms. The van der Waals surface area contributed by atoms with Crippen LogP contribution in [0.3, 0.4) is 0 Å². The SMILES string of the molecule is COC1=CC(=O)C=C(CCO)C1=O. The van der Waals surface area contributed by atoms with Crippen LogP contribution in [0, 0.1) is 0 Å². The summed E-state index contributed by atoms with van der Waals surface area (Å²) in [5.74, 6) is -0.563. The van der Waals surface area contributed by atoms with Crippen molar-refractivity contribution in [3.63, 3.8) is 0 Å². The molecule has 0 aromatic carbocycles. The second-order valence-corrected chi connectivity index (χ2v) is 2.59. The number of rotatable bonds is 3. The van der Waals surface area contributed by atoms with E-state index in [4.69, 9.17) is 9.84 Å². The Morgan fingerprint density at radius 2 is 2.08 bits per heavy atom. The maximum Gasteiger partial charge on any atom is 0.223 e. The Morgan fingerprint density at radius 3 is 2.62 bits per heavy atom. The second-order valence-electron chi connectivity index (χ2n) is 2.59. The molecular weight excluding hydrogens is 172 g/mol. The predicted molar refractivity (Wildman–Crippen MR) is 44.9 cm³/mol. The normalized spacial score (nSPS) is 16.8. The summed E-state index contributed by atoms with van der Waals surface area (Å²) in [7, 11) is 1.33. The first-order chi connectivity index (χ1) is 6.19. The number of hydrogen-bond acceptors (Lipinski definition) is 4. The van der Waals surface area contributed by atoms with E-state index in [9.17, 15) is 9.59 Å². The number of methoxy groups -OCH3 is 1. The van der Waals surface area contributed by atoms with Crippen LogP contribution in [0.25, 0.3) is 0 Å². The molecule has 0 atom stereocenters. The van der Waals surface area contributed by atoms with Gasteiger partial charge < -0.3 is 9.84 Å². The molecule has 0 aromatic heterocycles. The number of aliphatic hydroxyl groups excluding tert-OH is 1. The highest BCUT2D eigenvalue weighted by Crippen LogP contribution is 2.15. The Labute approximate surface area is 75.5 Å². The lowest BCUT2D eigenvalue weighted by Crippen LogP contribution is -2.16. The fourth-order valence-corrected chi connectivity index (χ4v) is 1.09. The van der Waals surface area contributed by atoms with Crippen LogP contribution in [0.5, 0.6) is 0 Å². The zero-order chi connectivity index (χ0) is 9.84. The van der Waals surface area contributed by atoms with Gasteiger partial charge in [0.25, 0.3) is 0 Å². The van der Waals surface area contributed by atoms with E-state index in [1.54, 1.807) is 0 Å². The van der Waals surface area contributed by atoms with Crippen LogP contribution in [0.1, 0.15) is 6.42 Å². The molecule has 0 spiro atoms. The van der Waals surface area contributed by atoms with Gasteiger partial charge in [-0.3, -0.25) is 9.59 Å². The minimum atomic E-state index is -0.323. The van der Waals surface area contributed by atoms with E-state index in [1.165, 1.54) is 13.2 Å². The summed E-state index contributed by atoms with van der Waals surface area (Å²) in [6.45, 7) is -0.151. The monoisotopic (exact) mass is 182 g/mol. The Morgan fingerprint density at radius 1 is 1.38 bits per heavy atom. The molecule has 0 bridgehead atoms. The van der Waals surface area contributed by atoms with Gasteiger partial charge in [0.2, 0.25) is 5.78 Å². The van der Waals surface area contributed by atoms with Gasteiger partial charge >= 0.3 is 0 Å². The lowest BCUT2D eigenvalue weighted by molar-refractivity contribution is -0.117. The topological polar surface area (TPSA) is 63.6 Å². The smallest absolute Gasteiger partial charge is 0.223 e. The van der Waals surface area contributed by atoms with E-state index in [0.29, 0.717) is 5.57 Å². The first-order valence-corrected chi connectivity index (χ1v) is 3.85. The molecule has 0 aliphatic heterocycles. The lowest BCUT2D eigenvalue weighted by atomic mass is 9.99. The molecule has 0 saturated carbocycles. The van der Waals surface area contributed by atoms with Gasteiger partial charge in [-0.05, 0) is 12.5 Å². The minimum Gasteiger partial charge on any atom is -0.493 e. The van der Waals surface area contributed by atoms with Crippen LogP contribution in [-0.4, -0.2) is 30.4 Å². The number of ether oxygens (including phenoxy) is 1. The van der Waals surface area contributed by atoms with Crippen molar-refractivity contribution in [2.45, 2.75) is 6.42 Å². The Hall–Kier alpha value is -1.42. The van der Waals surface area contributed by atoms with Crippen LogP contribution in [-0.2, 0) is 14.3 Å². The maximum atomic E-state index is 11.4. The van der Waals surface area contributed by atoms with Crippen LogP contribution in [0.2, 0.25) is 0 Å². The van der Waals surface area contributed by atoms with E-state index in [0.717, 1.165) is 6.08 Å². The third kappa shape index (κ3) is 2.03. The molecule has 1 rings (SSSR count). The summed E-state index contributed by atoms with van der Waals surface area (Å²) in [6, 6.07) is 0. The number of hydrogen-bond donors (Lipinski definition) is 1. The number of Topliss-reactive ketones (excluding diaryl/α,β-unsaturated/α-hetero) is 1. The largest absolute Gasteiger partial charge is 0.493 e. The fraction of sp³-hybridized carbons (Fsp3) is 0.333. The van der Waals surface area contributed by atoms with Crippen molar-refractivity contribution >= 4 is 11.6 Å². The molecular formula is C9H10O4. The number of carbonyl (C=O) groups excluding carboxylic acids is 2. The van der Waals surface area contributed by atoms with Gasteiger partial charge in [0.05, 0.1) is 7.11 Å². The van der Waals surface area contributed by atoms with Gasteiger partial charge in [-0.2, -0.15) is 0 Å². The second kappa shape index (κ2) is 4.00. The Balaban J connectivity index is 2.89. The van der Waals surface area contributed by atoms with Crippen molar-refractivity contribution in [3.8, 4) is 0 Å². The van der Waals surface area contributed by atoms with Crippen LogP contribution >= 0.6 is 0 Å². The molecule has 0 aromatic rings. The molecule has 70 valence electrons. The number of aliphatic hydroxyl groups is 1. The highest BCUT2D eigenvalue weighted by atomic mass is 16.5. The van der Waals surface area contributed by atoms with Crippen molar-refractivity contribution < 1.29 is 19.4 Å². The average Bonchev–Trinajstić information content (AvgIpc) is 2.11. The predicted octanol–water partition coefficient (Wildman–Crippen LogP) is -0.0227. The third-order valence-electron chi connectivity index (χ3n) is 1.71. The summed E-state index contributed by atoms with van der Waals surface area (Å²) in [5, 5.41) is 8.62. The highest BCUT2D eigenvalue weighted by Gasteiger charge is 2.21. The molecule has 0 saturated heterocycles. The quantitative estimate of drug-likeness (QED) is 0.623. The zero-order valence-corrected chi connectivity index (χ0v) is 7.24. The molecule has 13 heavy (non-hydrogen) atoms. The van der Waals surface area contributed by atoms with Gasteiger partial charge in [0.1, 0.15) is 0 Å². The molecule has 0 fully saturated rings. The molecule has 0 heterocycles. The molecule has 4 nitrogen and oxygen atoms in total. The molecule has 1 aliphatic rings. The first kappa shape index (κ1) is 9.67. The fourth-order valence-electron chi connectivity index (χ4n) is 1.09. The highest BCUT2D eigenvalue weighted by molar-refractivity contribution is 6.19. The number of allylic oxidation sites excluding steroid dienone is 3. The van der Waals surface area contributed by atoms with Crippen LogP contribution < -0.4 is 0 Å². The van der Waals surface area contributed by atoms with Gasteiger partial charge in [-0.1, -0.05) is 0 Å². The van der Waals surface area contributed by atoms with Crippen molar-refractivity contribution in [2.24, 2.45) is 0 Å². The summed E-state index contributed by atoms with van der Waals surface area (Å²) >= 11 is 0. The minimum absolute atomic E-state index is 0.0379. The number of carbonyl (C=O) groups is 2. The van der Waals surface area contributed by atoms with E-state index in [1.807, 2.05) is 0 Å². The van der Waals surface area contributed by atoms with Crippen LogP contribution in [0.15, 0.2) is 23.5 Å². The van der Waals surface area contributed by atoms with Gasteiger partial charge in [-0.25, -0.2) is 0 Å². The lowest BCUT2D eigenvalue weighted by Gasteiger charge is -2.10. The van der Waals surface area contributed by atoms with Crippen molar-refractivity contribution in [1.29, 1.82) is 0 Å². The summed E-state index contributed by atoms with van der Waals surface area (Å²) in [5.41, 5.74) is 0.298. The van der Waals surface area contributed by atoms with Crippen LogP contribution in [0.4, 0.5) is 0 Å². The third-order valence-corrected chi connectivity index (χ3v) is 1.71. The van der Waals surface area contributed by atoms with Crippen molar-refractivity contribution in [1.82, 2.24) is 0 Å². The van der Waals surface area contributed by atoms with Gasteiger partial charge in [0.15, 0.2) is 11.5 Å². The summed E-state index contributed by atoms with van der Waals surface area (Å²) in [4.78, 5) is 22.4. The molecule has 1 N–H and O–H groups in total. The molecule has 0 amide bonds. The van der Waals surface area contributed by atoms with E-state index < -0.39 is 0 Å². The van der Waals surface area contributed by atoms with Crippen molar-refractivity contribution in [3.05, 3.63) is 23.5 Å². The first-order valence-electron chi connectivity index (χ1n) is 3.85. The summed E-state index contributed by atoms with van der Waals surface area (Å²) in [6.07, 6.45) is 2.55. The maximum absolute atomic E-state index is 11.4. The van der Waals surface area contributed by atoms with E-state index in [2.05, 4.69) is 0 Å². The van der Waals surface area contributed by atoms with E-state index >= 15 is 0 Å². The molecule has 0 unspecified atom stereocenters.